The fraction of sp³-hybridized carbons (Fsp3) is 0.268. The maximum absolute atomic E-state index is 15.0. The average molecular weight is 669 g/mol. The van der Waals surface area contributed by atoms with Gasteiger partial charge in [0.2, 0.25) is 0 Å². The summed E-state index contributed by atoms with van der Waals surface area (Å²) in [5.74, 6) is 0.538. The number of para-hydroxylation sites is 1. The van der Waals surface area contributed by atoms with Gasteiger partial charge >= 0.3 is 0 Å². The first-order valence-corrected chi connectivity index (χ1v) is 20.1. The predicted molar refractivity (Wildman–Crippen MR) is 196 cm³/mol. The first kappa shape index (κ1) is 31.5. The number of methoxy groups -OCH3 is 1. The largest absolute Gasteiger partial charge is 0.497 e. The van der Waals surface area contributed by atoms with Gasteiger partial charge in [-0.3, -0.25) is 14.5 Å². The fourth-order valence-electron chi connectivity index (χ4n) is 8.97. The Hall–Kier alpha value is -4.76. The number of hydrogen-bond donors (Lipinski definition) is 1. The quantitative estimate of drug-likeness (QED) is 0.176. The molecular formula is C41H40N2O5Si. The zero-order valence-electron chi connectivity index (χ0n) is 28.2. The molecule has 3 aliphatic rings. The minimum Gasteiger partial charge on any atom is -0.497 e. The third-order valence-electron chi connectivity index (χ3n) is 11.2. The molecule has 1 spiro atoms. The van der Waals surface area contributed by atoms with Crippen LogP contribution in [0, 0.1) is 5.92 Å². The van der Waals surface area contributed by atoms with Gasteiger partial charge in [-0.05, 0) is 65.4 Å². The van der Waals surface area contributed by atoms with Crippen molar-refractivity contribution >= 4 is 52.9 Å². The number of fused-ring (bicyclic) bond motifs is 2. The molecule has 0 bridgehead atoms. The van der Waals surface area contributed by atoms with Gasteiger partial charge in [0, 0.05) is 29.2 Å². The number of aliphatic hydroxyl groups excluding tert-OH is 1. The molecule has 8 heteroatoms. The van der Waals surface area contributed by atoms with E-state index in [1.165, 1.54) is 5.19 Å². The SMILES string of the molecule is COc1ccc([Si](C)(C)[C@H]2[C@H](CCO)O[C@@]3(C(=O)N(Cc4cccc(N5C(=O)c6cccc7cccc5c67)c4)c4ccccc43)[C@@H]2C)cc1. The van der Waals surface area contributed by atoms with Crippen molar-refractivity contribution < 1.29 is 24.2 Å². The molecule has 7 nitrogen and oxygen atoms in total. The Kier molecular flexibility index (Phi) is 7.51. The van der Waals surface area contributed by atoms with Crippen LogP contribution in [0.3, 0.4) is 0 Å². The molecule has 0 unspecified atom stereocenters. The number of benzene rings is 5. The lowest BCUT2D eigenvalue weighted by Gasteiger charge is -2.37. The minimum absolute atomic E-state index is 0.0176. The number of nitrogens with zero attached hydrogens (tertiary/aromatic N) is 2. The molecular weight excluding hydrogens is 629 g/mol. The first-order valence-electron chi connectivity index (χ1n) is 17.0. The summed E-state index contributed by atoms with van der Waals surface area (Å²) in [4.78, 5) is 32.3. The van der Waals surface area contributed by atoms with Crippen LogP contribution in [-0.4, -0.2) is 44.8 Å². The molecule has 1 saturated heterocycles. The van der Waals surface area contributed by atoms with Gasteiger partial charge in [-0.1, -0.05) is 91.9 Å². The Balaban J connectivity index is 1.15. The van der Waals surface area contributed by atoms with E-state index in [9.17, 15) is 14.7 Å². The molecule has 248 valence electrons. The van der Waals surface area contributed by atoms with Crippen LogP contribution in [0.2, 0.25) is 18.6 Å². The van der Waals surface area contributed by atoms with Crippen molar-refractivity contribution in [3.8, 4) is 5.75 Å². The van der Waals surface area contributed by atoms with Gasteiger partial charge in [0.05, 0.1) is 44.8 Å². The zero-order valence-corrected chi connectivity index (χ0v) is 29.2. The molecule has 5 aromatic rings. The van der Waals surface area contributed by atoms with Crippen molar-refractivity contribution in [2.75, 3.05) is 23.5 Å². The Morgan fingerprint density at radius 2 is 1.59 bits per heavy atom. The zero-order chi connectivity index (χ0) is 34.1. The predicted octanol–water partition coefficient (Wildman–Crippen LogP) is 7.29. The van der Waals surface area contributed by atoms with Crippen molar-refractivity contribution in [3.63, 3.8) is 0 Å². The summed E-state index contributed by atoms with van der Waals surface area (Å²) in [6.07, 6.45) is 0.175. The second-order valence-corrected chi connectivity index (χ2v) is 18.8. The molecule has 1 N–H and O–H groups in total. The highest BCUT2D eigenvalue weighted by molar-refractivity contribution is 6.91. The normalized spacial score (nSPS) is 22.8. The van der Waals surface area contributed by atoms with Gasteiger partial charge in [-0.2, -0.15) is 0 Å². The van der Waals surface area contributed by atoms with Crippen LogP contribution < -0.4 is 19.7 Å². The van der Waals surface area contributed by atoms with Gasteiger partial charge in [0.25, 0.3) is 11.8 Å². The number of amides is 2. The lowest BCUT2D eigenvalue weighted by Crippen LogP contribution is -2.51. The van der Waals surface area contributed by atoms with Crippen LogP contribution in [-0.2, 0) is 21.7 Å². The van der Waals surface area contributed by atoms with E-state index in [4.69, 9.17) is 9.47 Å². The summed E-state index contributed by atoms with van der Waals surface area (Å²) in [5, 5.41) is 13.5. The molecule has 3 heterocycles. The van der Waals surface area contributed by atoms with Crippen LogP contribution in [0.5, 0.6) is 5.75 Å². The number of rotatable bonds is 8. The molecule has 4 atom stereocenters. The molecule has 5 aromatic carbocycles. The number of carbonyl (C=O) groups is 2. The first-order chi connectivity index (χ1) is 23.7. The Labute approximate surface area is 287 Å². The molecule has 0 radical (unpaired) electrons. The number of hydrogen-bond acceptors (Lipinski definition) is 5. The highest BCUT2D eigenvalue weighted by Gasteiger charge is 2.66. The van der Waals surface area contributed by atoms with Crippen LogP contribution in [0.4, 0.5) is 17.1 Å². The maximum atomic E-state index is 15.0. The molecule has 1 fully saturated rings. The van der Waals surface area contributed by atoms with Crippen LogP contribution in [0.1, 0.15) is 34.8 Å². The second-order valence-electron chi connectivity index (χ2n) is 14.1. The number of ether oxygens (including phenoxy) is 2. The Morgan fingerprint density at radius 1 is 0.878 bits per heavy atom. The van der Waals surface area contributed by atoms with Gasteiger partial charge in [-0.15, -0.1) is 0 Å². The van der Waals surface area contributed by atoms with Crippen LogP contribution >= 0.6 is 0 Å². The lowest BCUT2D eigenvalue weighted by molar-refractivity contribution is -0.146. The molecule has 3 aliphatic heterocycles. The molecule has 2 amide bonds. The van der Waals surface area contributed by atoms with Crippen LogP contribution in [0.25, 0.3) is 10.8 Å². The third-order valence-corrected chi connectivity index (χ3v) is 15.6. The molecule has 49 heavy (non-hydrogen) atoms. The minimum atomic E-state index is -2.26. The van der Waals surface area contributed by atoms with E-state index in [2.05, 4.69) is 32.2 Å². The molecule has 0 aliphatic carbocycles. The van der Waals surface area contributed by atoms with Gasteiger partial charge < -0.3 is 19.5 Å². The van der Waals surface area contributed by atoms with Crippen molar-refractivity contribution in [3.05, 3.63) is 126 Å². The Bertz CT molecular complexity index is 2110. The summed E-state index contributed by atoms with van der Waals surface area (Å²) in [6.45, 7) is 7.16. The Morgan fingerprint density at radius 3 is 2.35 bits per heavy atom. The topological polar surface area (TPSA) is 79.3 Å². The summed E-state index contributed by atoms with van der Waals surface area (Å²) in [6, 6.07) is 36.0. The highest BCUT2D eigenvalue weighted by atomic mass is 28.3. The third kappa shape index (κ3) is 4.61. The van der Waals surface area contributed by atoms with E-state index in [0.717, 1.165) is 44.7 Å². The number of anilines is 3. The van der Waals surface area contributed by atoms with Gasteiger partial charge in [0.15, 0.2) is 5.60 Å². The van der Waals surface area contributed by atoms with E-state index < -0.39 is 13.7 Å². The summed E-state index contributed by atoms with van der Waals surface area (Å²) in [7, 11) is -0.593. The van der Waals surface area contributed by atoms with Gasteiger partial charge in [0.1, 0.15) is 5.75 Å². The smallest absolute Gasteiger partial charge is 0.264 e. The van der Waals surface area contributed by atoms with Crippen molar-refractivity contribution in [2.24, 2.45) is 5.92 Å². The van der Waals surface area contributed by atoms with E-state index in [1.807, 2.05) is 102 Å². The number of carbonyl (C=O) groups excluding carboxylic acids is 2. The van der Waals surface area contributed by atoms with E-state index >= 15 is 0 Å². The van der Waals surface area contributed by atoms with E-state index in [-0.39, 0.29) is 36.0 Å². The standard InChI is InChI=1S/C41H40N2O5Si/c1-26-38(49(3,4)31-20-18-30(47-2)19-21-31)36(22-23-44)48-41(26)33-15-5-6-16-34(33)42(40(41)46)25-27-10-7-13-29(24-27)43-35-17-9-12-28-11-8-14-32(37(28)35)39(43)45/h5-21,24,26,36,38,44H,22-23,25H2,1-4H3/t26-,36+,38-,41+/m1/s1. The summed E-state index contributed by atoms with van der Waals surface area (Å²) in [5.41, 5.74) is 3.87. The van der Waals surface area contributed by atoms with Crippen molar-refractivity contribution in [2.45, 2.75) is 50.2 Å². The second kappa shape index (κ2) is 11.7. The summed E-state index contributed by atoms with van der Waals surface area (Å²) < 4.78 is 12.5. The highest BCUT2D eigenvalue weighted by Crippen LogP contribution is 2.60. The van der Waals surface area contributed by atoms with E-state index in [0.29, 0.717) is 18.5 Å². The monoisotopic (exact) mass is 668 g/mol. The van der Waals surface area contributed by atoms with Crippen molar-refractivity contribution in [1.29, 1.82) is 0 Å². The van der Waals surface area contributed by atoms with E-state index in [1.54, 1.807) is 12.0 Å². The van der Waals surface area contributed by atoms with Crippen LogP contribution in [0.15, 0.2) is 109 Å². The molecule has 0 saturated carbocycles. The molecule has 8 rings (SSSR count). The van der Waals surface area contributed by atoms with Gasteiger partial charge in [-0.25, -0.2) is 0 Å². The average Bonchev–Trinajstić information content (AvgIpc) is 3.67. The lowest BCUT2D eigenvalue weighted by atomic mass is 9.82. The molecule has 0 aromatic heterocycles. The maximum Gasteiger partial charge on any atom is 0.264 e. The van der Waals surface area contributed by atoms with Crippen molar-refractivity contribution in [1.82, 2.24) is 0 Å². The summed E-state index contributed by atoms with van der Waals surface area (Å²) >= 11 is 0. The fourth-order valence-corrected chi connectivity index (χ4v) is 13.0. The number of aliphatic hydroxyl groups is 1.